The molecule has 0 fully saturated rings. The first-order valence-corrected chi connectivity index (χ1v) is 6.81. The van der Waals surface area contributed by atoms with Gasteiger partial charge in [-0.3, -0.25) is 9.78 Å². The second-order valence-corrected chi connectivity index (χ2v) is 5.41. The van der Waals surface area contributed by atoms with Crippen molar-refractivity contribution in [3.05, 3.63) is 45.7 Å². The van der Waals surface area contributed by atoms with Crippen LogP contribution in [0, 0.1) is 0 Å². The van der Waals surface area contributed by atoms with E-state index in [2.05, 4.69) is 4.98 Å². The molecular formula is C15H7Cl2NO2. The number of Topliss-reactive ketones (excluding diaryl/α,β-unsaturated/α-hetero) is 1. The molecular weight excluding hydrogens is 297 g/mol. The third-order valence-corrected chi connectivity index (χ3v) is 4.26. The number of pyridine rings is 1. The van der Waals surface area contributed by atoms with Gasteiger partial charge in [-0.15, -0.1) is 0 Å². The molecule has 0 spiro atoms. The first-order chi connectivity index (χ1) is 9.66. The summed E-state index contributed by atoms with van der Waals surface area (Å²) in [6.45, 7) is 0. The summed E-state index contributed by atoms with van der Waals surface area (Å²) in [6, 6.07) is 3.43. The van der Waals surface area contributed by atoms with E-state index < -0.39 is 0 Å². The number of benzene rings is 1. The van der Waals surface area contributed by atoms with Crippen molar-refractivity contribution in [1.82, 2.24) is 4.98 Å². The molecule has 0 bridgehead atoms. The van der Waals surface area contributed by atoms with Gasteiger partial charge in [0.1, 0.15) is 11.2 Å². The number of halogens is 2. The molecule has 1 aromatic carbocycles. The lowest BCUT2D eigenvalue weighted by atomic mass is 9.99. The van der Waals surface area contributed by atoms with Crippen LogP contribution in [0.15, 0.2) is 28.8 Å². The maximum absolute atomic E-state index is 12.1. The summed E-state index contributed by atoms with van der Waals surface area (Å²) in [5.41, 5.74) is 2.29. The summed E-state index contributed by atoms with van der Waals surface area (Å²) in [5, 5.41) is 2.29. The molecule has 20 heavy (non-hydrogen) atoms. The van der Waals surface area contributed by atoms with E-state index in [1.807, 2.05) is 6.08 Å². The largest absolute Gasteiger partial charge is 0.455 e. The van der Waals surface area contributed by atoms with Crippen LogP contribution < -0.4 is 0 Å². The molecule has 0 radical (unpaired) electrons. The Hall–Kier alpha value is -1.84. The number of rotatable bonds is 0. The van der Waals surface area contributed by atoms with Crippen molar-refractivity contribution in [2.75, 3.05) is 0 Å². The van der Waals surface area contributed by atoms with Crippen molar-refractivity contribution >= 4 is 57.0 Å². The molecule has 0 unspecified atom stereocenters. The Morgan fingerprint density at radius 2 is 2.10 bits per heavy atom. The van der Waals surface area contributed by atoms with E-state index in [-0.39, 0.29) is 5.78 Å². The molecule has 2 heterocycles. The van der Waals surface area contributed by atoms with Crippen LogP contribution in [0.4, 0.5) is 0 Å². The van der Waals surface area contributed by atoms with Crippen molar-refractivity contribution in [3.63, 3.8) is 0 Å². The van der Waals surface area contributed by atoms with Crippen LogP contribution in [0.1, 0.15) is 22.5 Å². The minimum Gasteiger partial charge on any atom is -0.455 e. The summed E-state index contributed by atoms with van der Waals surface area (Å²) in [6.07, 6.45) is 5.67. The molecule has 0 atom stereocenters. The zero-order valence-electron chi connectivity index (χ0n) is 10.1. The van der Waals surface area contributed by atoms with Gasteiger partial charge in [-0.05, 0) is 18.2 Å². The topological polar surface area (TPSA) is 43.1 Å². The molecule has 4 rings (SSSR count). The molecule has 3 aromatic rings. The predicted octanol–water partition coefficient (Wildman–Crippen LogP) is 4.89. The van der Waals surface area contributed by atoms with Crippen LogP contribution in [-0.4, -0.2) is 10.8 Å². The molecule has 0 saturated heterocycles. The first kappa shape index (κ1) is 11.9. The Kier molecular flexibility index (Phi) is 2.43. The zero-order valence-corrected chi connectivity index (χ0v) is 11.6. The maximum Gasteiger partial charge on any atom is 0.172 e. The highest BCUT2D eigenvalue weighted by molar-refractivity contribution is 6.46. The molecule has 1 aliphatic carbocycles. The van der Waals surface area contributed by atoms with E-state index >= 15 is 0 Å². The molecule has 98 valence electrons. The number of hydrogen-bond acceptors (Lipinski definition) is 3. The normalized spacial score (nSPS) is 14.2. The van der Waals surface area contributed by atoms with Gasteiger partial charge in [0.15, 0.2) is 5.78 Å². The number of allylic oxidation sites excluding steroid dienone is 1. The minimum absolute atomic E-state index is 0.00174. The zero-order chi connectivity index (χ0) is 13.9. The maximum atomic E-state index is 12.1. The fourth-order valence-corrected chi connectivity index (χ4v) is 2.96. The van der Waals surface area contributed by atoms with Gasteiger partial charge < -0.3 is 4.42 Å². The third-order valence-electron chi connectivity index (χ3n) is 3.46. The lowest BCUT2D eigenvalue weighted by molar-refractivity contribution is 0.0995. The van der Waals surface area contributed by atoms with Gasteiger partial charge in [0.2, 0.25) is 0 Å². The number of hydrogen-bond donors (Lipinski definition) is 0. The Balaban J connectivity index is 2.24. The Labute approximate surface area is 123 Å². The summed E-state index contributed by atoms with van der Waals surface area (Å²) in [4.78, 5) is 16.4. The number of fused-ring (bicyclic) bond motifs is 5. The fraction of sp³-hybridized carbons (Fsp3) is 0.0667. The second kappa shape index (κ2) is 4.08. The highest BCUT2D eigenvalue weighted by Gasteiger charge is 2.23. The number of aromatic nitrogens is 1. The molecule has 0 saturated carbocycles. The average molecular weight is 304 g/mol. The van der Waals surface area contributed by atoms with Crippen LogP contribution in [0.3, 0.4) is 0 Å². The van der Waals surface area contributed by atoms with Crippen LogP contribution in [0.5, 0.6) is 0 Å². The number of ketones is 1. The van der Waals surface area contributed by atoms with E-state index in [9.17, 15) is 4.79 Å². The number of carbonyl (C=O) groups excluding carboxylic acids is 1. The third kappa shape index (κ3) is 1.48. The second-order valence-electron chi connectivity index (χ2n) is 4.63. The van der Waals surface area contributed by atoms with E-state index in [1.165, 1.54) is 0 Å². The van der Waals surface area contributed by atoms with Gasteiger partial charge in [0, 0.05) is 23.4 Å². The van der Waals surface area contributed by atoms with Crippen molar-refractivity contribution < 1.29 is 9.21 Å². The van der Waals surface area contributed by atoms with Gasteiger partial charge in [-0.2, -0.15) is 0 Å². The summed E-state index contributed by atoms with van der Waals surface area (Å²) >= 11 is 12.3. The SMILES string of the molecule is O=C1CC=Cc2ncc3c(oc4ccc(Cl)c(Cl)c43)c21. The smallest absolute Gasteiger partial charge is 0.172 e. The van der Waals surface area contributed by atoms with Crippen LogP contribution >= 0.6 is 23.2 Å². The van der Waals surface area contributed by atoms with Crippen LogP contribution in [0.25, 0.3) is 28.0 Å². The summed E-state index contributed by atoms with van der Waals surface area (Å²) in [5.74, 6) is 0.00174. The van der Waals surface area contributed by atoms with Gasteiger partial charge >= 0.3 is 0 Å². The van der Waals surface area contributed by atoms with E-state index in [0.29, 0.717) is 44.3 Å². The summed E-state index contributed by atoms with van der Waals surface area (Å²) < 4.78 is 5.82. The Morgan fingerprint density at radius 1 is 1.25 bits per heavy atom. The molecule has 0 aliphatic heterocycles. The lowest BCUT2D eigenvalue weighted by Crippen LogP contribution is -2.06. The quantitative estimate of drug-likeness (QED) is 0.594. The molecule has 1 aliphatic rings. The molecule has 3 nitrogen and oxygen atoms in total. The van der Waals surface area contributed by atoms with Crippen LogP contribution in [0.2, 0.25) is 10.0 Å². The lowest BCUT2D eigenvalue weighted by Gasteiger charge is -2.07. The van der Waals surface area contributed by atoms with E-state index in [1.54, 1.807) is 24.4 Å². The monoisotopic (exact) mass is 303 g/mol. The summed E-state index contributed by atoms with van der Waals surface area (Å²) in [7, 11) is 0. The van der Waals surface area contributed by atoms with Crippen molar-refractivity contribution in [2.24, 2.45) is 0 Å². The average Bonchev–Trinajstić information content (AvgIpc) is 2.82. The Morgan fingerprint density at radius 3 is 2.95 bits per heavy atom. The van der Waals surface area contributed by atoms with Gasteiger partial charge in [-0.25, -0.2) is 0 Å². The Bertz CT molecular complexity index is 925. The highest BCUT2D eigenvalue weighted by atomic mass is 35.5. The van der Waals surface area contributed by atoms with Gasteiger partial charge in [-0.1, -0.05) is 29.3 Å². The fourth-order valence-electron chi connectivity index (χ4n) is 2.55. The van der Waals surface area contributed by atoms with Crippen molar-refractivity contribution in [3.8, 4) is 0 Å². The number of nitrogens with zero attached hydrogens (tertiary/aromatic N) is 1. The number of carbonyl (C=O) groups is 1. The van der Waals surface area contributed by atoms with Crippen molar-refractivity contribution in [1.29, 1.82) is 0 Å². The van der Waals surface area contributed by atoms with Gasteiger partial charge in [0.25, 0.3) is 0 Å². The highest BCUT2D eigenvalue weighted by Crippen LogP contribution is 2.39. The molecule has 0 amide bonds. The first-order valence-electron chi connectivity index (χ1n) is 6.06. The van der Waals surface area contributed by atoms with E-state index in [4.69, 9.17) is 27.6 Å². The predicted molar refractivity (Wildman–Crippen MR) is 79.5 cm³/mol. The number of furan rings is 1. The standard InChI is InChI=1S/C15H7Cl2NO2/c16-8-4-5-11-12(14(8)17)7-6-18-9-2-1-3-10(19)13(9)15(7)20-11/h1-2,4-6H,3H2. The van der Waals surface area contributed by atoms with Crippen LogP contribution in [-0.2, 0) is 0 Å². The minimum atomic E-state index is 0.00174. The molecule has 2 aromatic heterocycles. The molecule has 0 N–H and O–H groups in total. The van der Waals surface area contributed by atoms with Crippen molar-refractivity contribution in [2.45, 2.75) is 6.42 Å². The van der Waals surface area contributed by atoms with E-state index in [0.717, 1.165) is 5.39 Å². The van der Waals surface area contributed by atoms with Gasteiger partial charge in [0.05, 0.1) is 21.3 Å². The molecule has 5 heteroatoms.